The number of hydrogen-bond donors (Lipinski definition) is 0. The molecule has 2 rings (SSSR count). The first-order chi connectivity index (χ1) is 8.19. The second-order valence-corrected chi connectivity index (χ2v) is 3.17. The summed E-state index contributed by atoms with van der Waals surface area (Å²) < 4.78 is 27.1. The van der Waals surface area contributed by atoms with Crippen LogP contribution in [0.3, 0.4) is 0 Å². The third kappa shape index (κ3) is 2.56. The molecule has 0 unspecified atom stereocenters. The molecule has 1 aromatic carbocycles. The fraction of sp³-hybridized carbons (Fsp3) is 0.111. The molecule has 0 saturated carbocycles. The molecular weight excluding hydrogens is 230 g/mol. The topological polar surface area (TPSA) is 79.5 Å². The standard InChI is InChI=1S/C9H6F2N6/c10-6-1-7(11)3-9(2-6)17-5-8(14-16-17)4-13-15-12/h1-3,5H,4H2. The van der Waals surface area contributed by atoms with Crippen LogP contribution in [-0.2, 0) is 6.54 Å². The van der Waals surface area contributed by atoms with Crippen molar-refractivity contribution in [2.75, 3.05) is 0 Å². The van der Waals surface area contributed by atoms with Gasteiger partial charge in [0.05, 0.1) is 24.1 Å². The van der Waals surface area contributed by atoms with Crippen molar-refractivity contribution in [3.63, 3.8) is 0 Å². The molecule has 6 nitrogen and oxygen atoms in total. The zero-order chi connectivity index (χ0) is 12.3. The number of aromatic nitrogens is 3. The van der Waals surface area contributed by atoms with Gasteiger partial charge in [0.15, 0.2) is 0 Å². The minimum Gasteiger partial charge on any atom is -0.220 e. The molecule has 0 amide bonds. The van der Waals surface area contributed by atoms with Crippen molar-refractivity contribution in [3.8, 4) is 5.69 Å². The number of hydrogen-bond acceptors (Lipinski definition) is 3. The lowest BCUT2D eigenvalue weighted by atomic mass is 10.3. The van der Waals surface area contributed by atoms with Crippen LogP contribution in [0.15, 0.2) is 29.5 Å². The van der Waals surface area contributed by atoms with E-state index in [-0.39, 0.29) is 12.2 Å². The third-order valence-electron chi connectivity index (χ3n) is 1.95. The molecule has 0 aliphatic carbocycles. The van der Waals surface area contributed by atoms with E-state index >= 15 is 0 Å². The zero-order valence-electron chi connectivity index (χ0n) is 8.46. The molecule has 1 aromatic heterocycles. The van der Waals surface area contributed by atoms with Crippen LogP contribution in [0.4, 0.5) is 8.78 Å². The van der Waals surface area contributed by atoms with Crippen LogP contribution >= 0.6 is 0 Å². The van der Waals surface area contributed by atoms with Gasteiger partial charge >= 0.3 is 0 Å². The molecule has 0 fully saturated rings. The molecule has 17 heavy (non-hydrogen) atoms. The van der Waals surface area contributed by atoms with Crippen molar-refractivity contribution in [2.24, 2.45) is 5.11 Å². The van der Waals surface area contributed by atoms with E-state index in [2.05, 4.69) is 20.3 Å². The molecule has 86 valence electrons. The molecule has 0 aliphatic rings. The number of halogens is 2. The Morgan fingerprint density at radius 1 is 1.29 bits per heavy atom. The summed E-state index contributed by atoms with van der Waals surface area (Å²) in [5.41, 5.74) is 8.75. The van der Waals surface area contributed by atoms with Crippen molar-refractivity contribution in [1.29, 1.82) is 0 Å². The summed E-state index contributed by atoms with van der Waals surface area (Å²) in [5, 5.41) is 10.7. The van der Waals surface area contributed by atoms with Crippen LogP contribution in [-0.4, -0.2) is 15.0 Å². The van der Waals surface area contributed by atoms with Crippen LogP contribution in [0.25, 0.3) is 16.1 Å². The summed E-state index contributed by atoms with van der Waals surface area (Å²) in [6.07, 6.45) is 1.43. The molecule has 0 N–H and O–H groups in total. The second kappa shape index (κ2) is 4.58. The van der Waals surface area contributed by atoms with E-state index in [0.29, 0.717) is 5.69 Å². The second-order valence-electron chi connectivity index (χ2n) is 3.17. The Bertz CT molecular complexity index is 567. The summed E-state index contributed by atoms with van der Waals surface area (Å²) in [6.45, 7) is 0.0360. The Labute approximate surface area is 94.1 Å². The van der Waals surface area contributed by atoms with Crippen molar-refractivity contribution in [3.05, 3.63) is 52.2 Å². The Morgan fingerprint density at radius 3 is 2.65 bits per heavy atom. The summed E-state index contributed by atoms with van der Waals surface area (Å²) in [4.78, 5) is 2.57. The van der Waals surface area contributed by atoms with Crippen molar-refractivity contribution < 1.29 is 8.78 Å². The lowest BCUT2D eigenvalue weighted by Crippen LogP contribution is -1.96. The van der Waals surface area contributed by atoms with Gasteiger partial charge < -0.3 is 0 Å². The highest BCUT2D eigenvalue weighted by Gasteiger charge is 2.05. The van der Waals surface area contributed by atoms with Gasteiger partial charge in [0, 0.05) is 11.0 Å². The average Bonchev–Trinajstić information content (AvgIpc) is 2.73. The van der Waals surface area contributed by atoms with Gasteiger partial charge in [-0.05, 0) is 17.7 Å². The summed E-state index contributed by atoms with van der Waals surface area (Å²) in [7, 11) is 0. The van der Waals surface area contributed by atoms with Crippen LogP contribution in [0.2, 0.25) is 0 Å². The van der Waals surface area contributed by atoms with Gasteiger partial charge in [-0.3, -0.25) is 0 Å². The van der Waals surface area contributed by atoms with Crippen molar-refractivity contribution in [1.82, 2.24) is 15.0 Å². The predicted molar refractivity (Wildman–Crippen MR) is 54.1 cm³/mol. The number of nitrogens with zero attached hydrogens (tertiary/aromatic N) is 6. The SMILES string of the molecule is [N-]=[N+]=NCc1cn(-c2cc(F)cc(F)c2)nn1. The van der Waals surface area contributed by atoms with Gasteiger partial charge in [-0.15, -0.1) is 5.10 Å². The molecule has 0 saturated heterocycles. The molecule has 0 bridgehead atoms. The first-order valence-electron chi connectivity index (χ1n) is 4.57. The minimum absolute atomic E-state index is 0.0360. The van der Waals surface area contributed by atoms with E-state index in [1.54, 1.807) is 0 Å². The van der Waals surface area contributed by atoms with E-state index in [1.165, 1.54) is 10.9 Å². The number of benzene rings is 1. The third-order valence-corrected chi connectivity index (χ3v) is 1.95. The smallest absolute Gasteiger partial charge is 0.128 e. The molecular formula is C9H6F2N6. The highest BCUT2D eigenvalue weighted by molar-refractivity contribution is 5.31. The van der Waals surface area contributed by atoms with Crippen LogP contribution in [0, 0.1) is 11.6 Å². The molecule has 0 radical (unpaired) electrons. The molecule has 1 heterocycles. The van der Waals surface area contributed by atoms with Gasteiger partial charge in [0.1, 0.15) is 11.6 Å². The number of rotatable bonds is 3. The van der Waals surface area contributed by atoms with Crippen LogP contribution < -0.4 is 0 Å². The van der Waals surface area contributed by atoms with E-state index in [0.717, 1.165) is 18.2 Å². The maximum Gasteiger partial charge on any atom is 0.128 e. The Hall–Kier alpha value is -2.47. The maximum absolute atomic E-state index is 13.0. The highest BCUT2D eigenvalue weighted by Crippen LogP contribution is 2.12. The van der Waals surface area contributed by atoms with Crippen LogP contribution in [0.5, 0.6) is 0 Å². The molecule has 0 atom stereocenters. The van der Waals surface area contributed by atoms with Gasteiger partial charge in [0.25, 0.3) is 0 Å². The lowest BCUT2D eigenvalue weighted by Gasteiger charge is -1.99. The lowest BCUT2D eigenvalue weighted by molar-refractivity contribution is 0.579. The summed E-state index contributed by atoms with van der Waals surface area (Å²) >= 11 is 0. The van der Waals surface area contributed by atoms with E-state index in [1.807, 2.05) is 0 Å². The fourth-order valence-electron chi connectivity index (χ4n) is 1.27. The first-order valence-corrected chi connectivity index (χ1v) is 4.57. The van der Waals surface area contributed by atoms with E-state index < -0.39 is 11.6 Å². The highest BCUT2D eigenvalue weighted by atomic mass is 19.1. The Kier molecular flexibility index (Phi) is 2.97. The van der Waals surface area contributed by atoms with Crippen LogP contribution in [0.1, 0.15) is 5.69 Å². The molecule has 0 spiro atoms. The first kappa shape index (κ1) is 11.0. The summed E-state index contributed by atoms with van der Waals surface area (Å²) in [5.74, 6) is -1.40. The maximum atomic E-state index is 13.0. The van der Waals surface area contributed by atoms with E-state index in [9.17, 15) is 8.78 Å². The van der Waals surface area contributed by atoms with Crippen molar-refractivity contribution >= 4 is 0 Å². The quantitative estimate of drug-likeness (QED) is 0.465. The van der Waals surface area contributed by atoms with Gasteiger partial charge in [-0.2, -0.15) is 0 Å². The predicted octanol–water partition coefficient (Wildman–Crippen LogP) is 2.36. The van der Waals surface area contributed by atoms with E-state index in [4.69, 9.17) is 5.53 Å². The Balaban J connectivity index is 2.33. The average molecular weight is 236 g/mol. The summed E-state index contributed by atoms with van der Waals surface area (Å²) in [6, 6.07) is 3.01. The molecule has 2 aromatic rings. The largest absolute Gasteiger partial charge is 0.220 e. The molecule has 0 aliphatic heterocycles. The fourth-order valence-corrected chi connectivity index (χ4v) is 1.27. The van der Waals surface area contributed by atoms with Crippen molar-refractivity contribution in [2.45, 2.75) is 6.54 Å². The normalized spacial score (nSPS) is 10.0. The van der Waals surface area contributed by atoms with Gasteiger partial charge in [-0.25, -0.2) is 13.5 Å². The van der Waals surface area contributed by atoms with Gasteiger partial charge in [-0.1, -0.05) is 10.3 Å². The van der Waals surface area contributed by atoms with Gasteiger partial charge in [0.2, 0.25) is 0 Å². The Morgan fingerprint density at radius 2 is 2.00 bits per heavy atom. The molecule has 8 heteroatoms. The zero-order valence-corrected chi connectivity index (χ0v) is 8.46. The monoisotopic (exact) mass is 236 g/mol. The minimum atomic E-state index is -0.702. The number of azide groups is 1.